The van der Waals surface area contributed by atoms with Crippen molar-refractivity contribution < 1.29 is 0 Å². The molecule has 0 radical (unpaired) electrons. The summed E-state index contributed by atoms with van der Waals surface area (Å²) >= 11 is 0. The molecule has 1 aromatic heterocycles. The van der Waals surface area contributed by atoms with Crippen molar-refractivity contribution in [2.24, 2.45) is 11.7 Å². The van der Waals surface area contributed by atoms with Gasteiger partial charge in [-0.1, -0.05) is 19.8 Å². The topological polar surface area (TPSA) is 63.8 Å². The molecule has 4 heteroatoms. The number of nitrogens with zero attached hydrogens (tertiary/aromatic N) is 2. The van der Waals surface area contributed by atoms with Gasteiger partial charge in [-0.2, -0.15) is 0 Å². The summed E-state index contributed by atoms with van der Waals surface area (Å²) in [5, 5.41) is 3.72. The first-order valence-corrected chi connectivity index (χ1v) is 7.56. The van der Waals surface area contributed by atoms with Crippen molar-refractivity contribution in [3.63, 3.8) is 0 Å². The van der Waals surface area contributed by atoms with E-state index in [1.165, 1.54) is 36.9 Å². The van der Waals surface area contributed by atoms with Crippen LogP contribution in [0.2, 0.25) is 0 Å². The van der Waals surface area contributed by atoms with Crippen molar-refractivity contribution in [3.05, 3.63) is 17.6 Å². The van der Waals surface area contributed by atoms with Crippen LogP contribution in [0.5, 0.6) is 0 Å². The number of anilines is 1. The Labute approximate surface area is 115 Å². The number of nitrogens with two attached hydrogens (primary N) is 1. The SMILES string of the molecule is CC1CCCCC1(CN)Nc1ncnc2c1CCC2. The third-order valence-electron chi connectivity index (χ3n) is 5.06. The Hall–Kier alpha value is -1.16. The van der Waals surface area contributed by atoms with Gasteiger partial charge in [0.05, 0.1) is 5.54 Å². The van der Waals surface area contributed by atoms with Crippen molar-refractivity contribution in [2.75, 3.05) is 11.9 Å². The average molecular weight is 260 g/mol. The minimum absolute atomic E-state index is 0.0307. The van der Waals surface area contributed by atoms with Gasteiger partial charge in [-0.25, -0.2) is 9.97 Å². The van der Waals surface area contributed by atoms with Gasteiger partial charge >= 0.3 is 0 Å². The Bertz CT molecular complexity index is 459. The zero-order valence-electron chi connectivity index (χ0n) is 11.8. The van der Waals surface area contributed by atoms with Gasteiger partial charge in [0.15, 0.2) is 0 Å². The second kappa shape index (κ2) is 5.08. The first-order chi connectivity index (χ1) is 9.25. The predicted octanol–water partition coefficient (Wildman–Crippen LogP) is 2.28. The Morgan fingerprint density at radius 2 is 2.21 bits per heavy atom. The van der Waals surface area contributed by atoms with Crippen LogP contribution in [0, 0.1) is 5.92 Å². The van der Waals surface area contributed by atoms with Crippen LogP contribution in [0.25, 0.3) is 0 Å². The molecule has 0 amide bonds. The Kier molecular flexibility index (Phi) is 3.44. The molecule has 0 spiro atoms. The van der Waals surface area contributed by atoms with Crippen molar-refractivity contribution in [1.82, 2.24) is 9.97 Å². The molecule has 0 bridgehead atoms. The minimum Gasteiger partial charge on any atom is -0.363 e. The van der Waals surface area contributed by atoms with Gasteiger partial charge in [-0.05, 0) is 38.0 Å². The third-order valence-corrected chi connectivity index (χ3v) is 5.06. The predicted molar refractivity (Wildman–Crippen MR) is 77.1 cm³/mol. The highest BCUT2D eigenvalue weighted by Gasteiger charge is 2.38. The fraction of sp³-hybridized carbons (Fsp3) is 0.733. The summed E-state index contributed by atoms with van der Waals surface area (Å²) in [6.07, 6.45) is 10.1. The van der Waals surface area contributed by atoms with Crippen LogP contribution in [-0.4, -0.2) is 22.1 Å². The van der Waals surface area contributed by atoms with Crippen LogP contribution in [0.3, 0.4) is 0 Å². The smallest absolute Gasteiger partial charge is 0.133 e. The Morgan fingerprint density at radius 1 is 1.32 bits per heavy atom. The van der Waals surface area contributed by atoms with Gasteiger partial charge < -0.3 is 11.1 Å². The largest absolute Gasteiger partial charge is 0.363 e. The monoisotopic (exact) mass is 260 g/mol. The molecule has 0 saturated heterocycles. The molecule has 2 unspecified atom stereocenters. The highest BCUT2D eigenvalue weighted by molar-refractivity contribution is 5.50. The number of aromatic nitrogens is 2. The lowest BCUT2D eigenvalue weighted by molar-refractivity contribution is 0.235. The molecule has 2 aliphatic rings. The average Bonchev–Trinajstić information content (AvgIpc) is 2.91. The molecule has 1 heterocycles. The molecule has 1 fully saturated rings. The number of rotatable bonds is 3. The fourth-order valence-electron chi connectivity index (χ4n) is 3.66. The highest BCUT2D eigenvalue weighted by Crippen LogP contribution is 2.37. The normalized spacial score (nSPS) is 30.1. The lowest BCUT2D eigenvalue weighted by Crippen LogP contribution is -2.52. The summed E-state index contributed by atoms with van der Waals surface area (Å²) < 4.78 is 0. The van der Waals surface area contributed by atoms with Crippen LogP contribution in [0.4, 0.5) is 5.82 Å². The van der Waals surface area contributed by atoms with Gasteiger partial charge in [0, 0.05) is 17.8 Å². The maximum atomic E-state index is 6.12. The van der Waals surface area contributed by atoms with E-state index in [-0.39, 0.29) is 5.54 Å². The number of nitrogens with one attached hydrogen (secondary N) is 1. The second-order valence-corrected chi connectivity index (χ2v) is 6.13. The first-order valence-electron chi connectivity index (χ1n) is 7.56. The number of fused-ring (bicyclic) bond motifs is 1. The maximum Gasteiger partial charge on any atom is 0.133 e. The fourth-order valence-corrected chi connectivity index (χ4v) is 3.66. The molecule has 3 N–H and O–H groups in total. The summed E-state index contributed by atoms with van der Waals surface area (Å²) in [6, 6.07) is 0. The van der Waals surface area contributed by atoms with E-state index in [4.69, 9.17) is 5.73 Å². The van der Waals surface area contributed by atoms with Crippen LogP contribution in [-0.2, 0) is 12.8 Å². The molecular formula is C15H24N4. The summed E-state index contributed by atoms with van der Waals surface area (Å²) in [5.74, 6) is 1.65. The summed E-state index contributed by atoms with van der Waals surface area (Å²) in [7, 11) is 0. The van der Waals surface area contributed by atoms with Gasteiger partial charge in [0.25, 0.3) is 0 Å². The molecule has 1 aromatic rings. The number of hydrogen-bond acceptors (Lipinski definition) is 4. The first kappa shape index (κ1) is 12.9. The molecule has 104 valence electrons. The van der Waals surface area contributed by atoms with Crippen LogP contribution >= 0.6 is 0 Å². The summed E-state index contributed by atoms with van der Waals surface area (Å²) in [5.41, 5.74) is 8.70. The maximum absolute atomic E-state index is 6.12. The van der Waals surface area contributed by atoms with Gasteiger partial charge in [-0.15, -0.1) is 0 Å². The van der Waals surface area contributed by atoms with Crippen LogP contribution in [0.15, 0.2) is 6.33 Å². The van der Waals surface area contributed by atoms with E-state index in [1.807, 2.05) is 0 Å². The molecule has 2 aliphatic carbocycles. The molecule has 3 rings (SSSR count). The molecule has 2 atom stereocenters. The van der Waals surface area contributed by atoms with Gasteiger partial charge in [0.2, 0.25) is 0 Å². The van der Waals surface area contributed by atoms with E-state index in [2.05, 4.69) is 22.2 Å². The van der Waals surface area contributed by atoms with Crippen molar-refractivity contribution in [1.29, 1.82) is 0 Å². The van der Waals surface area contributed by atoms with Crippen molar-refractivity contribution >= 4 is 5.82 Å². The lowest BCUT2D eigenvalue weighted by Gasteiger charge is -2.43. The summed E-state index contributed by atoms with van der Waals surface area (Å²) in [6.45, 7) is 3.01. The molecule has 0 aliphatic heterocycles. The standard InChI is InChI=1S/C15H24N4/c1-11-5-2-3-8-15(11,9-16)19-14-12-6-4-7-13(12)17-10-18-14/h10-11H,2-9,16H2,1H3,(H,17,18,19). The zero-order valence-corrected chi connectivity index (χ0v) is 11.8. The molecule has 0 aromatic carbocycles. The molecule has 1 saturated carbocycles. The van der Waals surface area contributed by atoms with Gasteiger partial charge in [0.1, 0.15) is 12.1 Å². The second-order valence-electron chi connectivity index (χ2n) is 6.13. The molecule has 19 heavy (non-hydrogen) atoms. The quantitative estimate of drug-likeness (QED) is 0.875. The lowest BCUT2D eigenvalue weighted by atomic mass is 9.73. The van der Waals surface area contributed by atoms with Crippen molar-refractivity contribution in [3.8, 4) is 0 Å². The van der Waals surface area contributed by atoms with Crippen molar-refractivity contribution in [2.45, 2.75) is 57.4 Å². The third kappa shape index (κ3) is 2.22. The van der Waals surface area contributed by atoms with Gasteiger partial charge in [-0.3, -0.25) is 0 Å². The number of aryl methyl sites for hydroxylation is 1. The Morgan fingerprint density at radius 3 is 3.00 bits per heavy atom. The van der Waals surface area contributed by atoms with Crippen LogP contribution < -0.4 is 11.1 Å². The van der Waals surface area contributed by atoms with E-state index in [0.717, 1.165) is 25.1 Å². The van der Waals surface area contributed by atoms with E-state index in [0.29, 0.717) is 12.5 Å². The molecule has 4 nitrogen and oxygen atoms in total. The highest BCUT2D eigenvalue weighted by atomic mass is 15.1. The van der Waals surface area contributed by atoms with E-state index in [1.54, 1.807) is 6.33 Å². The Balaban J connectivity index is 1.89. The van der Waals surface area contributed by atoms with Crippen LogP contribution in [0.1, 0.15) is 50.3 Å². The number of hydrogen-bond donors (Lipinski definition) is 2. The zero-order chi connectivity index (χ0) is 13.3. The van der Waals surface area contributed by atoms with E-state index >= 15 is 0 Å². The molecular weight excluding hydrogens is 236 g/mol. The van der Waals surface area contributed by atoms with E-state index in [9.17, 15) is 0 Å². The minimum atomic E-state index is 0.0307. The summed E-state index contributed by atoms with van der Waals surface area (Å²) in [4.78, 5) is 8.89. The van der Waals surface area contributed by atoms with E-state index < -0.39 is 0 Å².